The molecule has 90 valence electrons. The lowest BCUT2D eigenvalue weighted by atomic mass is 9.87. The maximum Gasteiger partial charge on any atom is 0.0692 e. The summed E-state index contributed by atoms with van der Waals surface area (Å²) < 4.78 is 0. The van der Waals surface area contributed by atoms with Crippen molar-refractivity contribution in [3.05, 3.63) is 12.2 Å². The molecule has 2 saturated carbocycles. The number of hydrogen-bond acceptors (Lipinski definition) is 2. The van der Waals surface area contributed by atoms with Crippen molar-refractivity contribution in [1.29, 1.82) is 0 Å². The van der Waals surface area contributed by atoms with Gasteiger partial charge in [-0.05, 0) is 56.3 Å². The Morgan fingerprint density at radius 1 is 1.31 bits per heavy atom. The van der Waals surface area contributed by atoms with E-state index >= 15 is 0 Å². The Labute approximate surface area is 98.1 Å². The summed E-state index contributed by atoms with van der Waals surface area (Å²) in [4.78, 5) is 0. The van der Waals surface area contributed by atoms with Crippen LogP contribution in [-0.2, 0) is 0 Å². The smallest absolute Gasteiger partial charge is 0.0692 e. The molecule has 5 unspecified atom stereocenters. The molecular formula is C14H23NO. The molecule has 2 fully saturated rings. The standard InChI is InChI=1S/C14H23NO/c1-9(15-8-14(16)11-4-5-11)13-7-10-2-3-12(13)6-10/h2-3,9-16H,4-8H2,1H3. The molecule has 0 aromatic heterocycles. The second kappa shape index (κ2) is 4.15. The highest BCUT2D eigenvalue weighted by Gasteiger charge is 2.38. The zero-order chi connectivity index (χ0) is 11.1. The van der Waals surface area contributed by atoms with E-state index in [1.165, 1.54) is 25.7 Å². The van der Waals surface area contributed by atoms with Crippen LogP contribution in [0.1, 0.15) is 32.6 Å². The van der Waals surface area contributed by atoms with Crippen molar-refractivity contribution in [1.82, 2.24) is 5.32 Å². The first-order chi connectivity index (χ1) is 7.74. The molecule has 16 heavy (non-hydrogen) atoms. The molecule has 0 heterocycles. The van der Waals surface area contributed by atoms with Crippen molar-refractivity contribution >= 4 is 0 Å². The van der Waals surface area contributed by atoms with Gasteiger partial charge < -0.3 is 10.4 Å². The first-order valence-corrected chi connectivity index (χ1v) is 6.84. The Morgan fingerprint density at radius 3 is 2.69 bits per heavy atom. The maximum atomic E-state index is 9.84. The number of hydrogen-bond donors (Lipinski definition) is 2. The third-order valence-corrected chi connectivity index (χ3v) is 4.79. The van der Waals surface area contributed by atoms with E-state index in [-0.39, 0.29) is 6.10 Å². The summed E-state index contributed by atoms with van der Waals surface area (Å²) in [6.07, 6.45) is 9.90. The summed E-state index contributed by atoms with van der Waals surface area (Å²) in [7, 11) is 0. The maximum absolute atomic E-state index is 9.84. The van der Waals surface area contributed by atoms with Crippen LogP contribution in [0.4, 0.5) is 0 Å². The lowest BCUT2D eigenvalue weighted by molar-refractivity contribution is 0.139. The molecule has 0 spiro atoms. The van der Waals surface area contributed by atoms with Gasteiger partial charge >= 0.3 is 0 Å². The number of aliphatic hydroxyl groups excluding tert-OH is 1. The molecule has 3 aliphatic rings. The summed E-state index contributed by atoms with van der Waals surface area (Å²) in [6, 6.07) is 0.563. The largest absolute Gasteiger partial charge is 0.392 e. The number of rotatable bonds is 5. The van der Waals surface area contributed by atoms with Crippen molar-refractivity contribution in [2.75, 3.05) is 6.54 Å². The second-order valence-corrected chi connectivity index (χ2v) is 6.05. The minimum Gasteiger partial charge on any atom is -0.392 e. The van der Waals surface area contributed by atoms with Gasteiger partial charge in [0.2, 0.25) is 0 Å². The van der Waals surface area contributed by atoms with Crippen LogP contribution in [-0.4, -0.2) is 23.8 Å². The predicted molar refractivity (Wildman–Crippen MR) is 65.0 cm³/mol. The van der Waals surface area contributed by atoms with Gasteiger partial charge in [0.1, 0.15) is 0 Å². The van der Waals surface area contributed by atoms with E-state index in [0.717, 1.165) is 24.3 Å². The Bertz CT molecular complexity index is 284. The van der Waals surface area contributed by atoms with Crippen LogP contribution in [0.15, 0.2) is 12.2 Å². The van der Waals surface area contributed by atoms with Gasteiger partial charge in [-0.2, -0.15) is 0 Å². The third kappa shape index (κ3) is 2.05. The van der Waals surface area contributed by atoms with Crippen LogP contribution in [0.25, 0.3) is 0 Å². The van der Waals surface area contributed by atoms with E-state index in [4.69, 9.17) is 0 Å². The van der Waals surface area contributed by atoms with Crippen molar-refractivity contribution in [2.45, 2.75) is 44.8 Å². The van der Waals surface area contributed by atoms with E-state index in [1.54, 1.807) is 0 Å². The van der Waals surface area contributed by atoms with Crippen molar-refractivity contribution in [2.24, 2.45) is 23.7 Å². The van der Waals surface area contributed by atoms with Gasteiger partial charge in [0.15, 0.2) is 0 Å². The van der Waals surface area contributed by atoms with E-state index in [2.05, 4.69) is 24.4 Å². The number of nitrogens with one attached hydrogen (secondary N) is 1. The molecule has 2 N–H and O–H groups in total. The van der Waals surface area contributed by atoms with Gasteiger partial charge in [0.05, 0.1) is 6.10 Å². The van der Waals surface area contributed by atoms with Crippen LogP contribution in [0.2, 0.25) is 0 Å². The van der Waals surface area contributed by atoms with Gasteiger partial charge in [-0.1, -0.05) is 12.2 Å². The van der Waals surface area contributed by atoms with E-state index in [9.17, 15) is 5.11 Å². The zero-order valence-electron chi connectivity index (χ0n) is 10.1. The Morgan fingerprint density at radius 2 is 2.12 bits per heavy atom. The normalized spacial score (nSPS) is 40.2. The highest BCUT2D eigenvalue weighted by atomic mass is 16.3. The van der Waals surface area contributed by atoms with Gasteiger partial charge in [0.25, 0.3) is 0 Å². The van der Waals surface area contributed by atoms with Gasteiger partial charge in [-0.25, -0.2) is 0 Å². The van der Waals surface area contributed by atoms with Crippen LogP contribution >= 0.6 is 0 Å². The van der Waals surface area contributed by atoms with E-state index in [0.29, 0.717) is 12.0 Å². The highest BCUT2D eigenvalue weighted by Crippen LogP contribution is 2.44. The van der Waals surface area contributed by atoms with Crippen LogP contribution in [0.5, 0.6) is 0 Å². The Hall–Kier alpha value is -0.340. The predicted octanol–water partition coefficient (Wildman–Crippen LogP) is 1.95. The van der Waals surface area contributed by atoms with E-state index in [1.807, 2.05) is 0 Å². The fourth-order valence-electron chi connectivity index (χ4n) is 3.50. The SMILES string of the molecule is CC(NCC(O)C1CC1)C1CC2C=CC1C2. The van der Waals surface area contributed by atoms with Crippen LogP contribution in [0, 0.1) is 23.7 Å². The lowest BCUT2D eigenvalue weighted by Crippen LogP contribution is -2.40. The van der Waals surface area contributed by atoms with Crippen molar-refractivity contribution < 1.29 is 5.11 Å². The summed E-state index contributed by atoms with van der Waals surface area (Å²) in [5.74, 6) is 3.07. The number of fused-ring (bicyclic) bond motifs is 2. The minimum atomic E-state index is -0.100. The summed E-state index contributed by atoms with van der Waals surface area (Å²) in [6.45, 7) is 3.09. The molecule has 3 aliphatic carbocycles. The van der Waals surface area contributed by atoms with Gasteiger partial charge in [-0.15, -0.1) is 0 Å². The molecule has 0 radical (unpaired) electrons. The third-order valence-electron chi connectivity index (χ3n) is 4.79. The molecule has 5 atom stereocenters. The topological polar surface area (TPSA) is 32.3 Å². The molecule has 0 aliphatic heterocycles. The molecule has 2 bridgehead atoms. The summed E-state index contributed by atoms with van der Waals surface area (Å²) >= 11 is 0. The second-order valence-electron chi connectivity index (χ2n) is 6.05. The quantitative estimate of drug-likeness (QED) is 0.695. The minimum absolute atomic E-state index is 0.100. The Balaban J connectivity index is 1.46. The fraction of sp³-hybridized carbons (Fsp3) is 0.857. The fourth-order valence-corrected chi connectivity index (χ4v) is 3.50. The molecule has 3 rings (SSSR count). The van der Waals surface area contributed by atoms with Crippen LogP contribution < -0.4 is 5.32 Å². The van der Waals surface area contributed by atoms with Crippen molar-refractivity contribution in [3.8, 4) is 0 Å². The van der Waals surface area contributed by atoms with Crippen molar-refractivity contribution in [3.63, 3.8) is 0 Å². The molecule has 0 saturated heterocycles. The Kier molecular flexibility index (Phi) is 2.80. The number of allylic oxidation sites excluding steroid dienone is 2. The van der Waals surface area contributed by atoms with Crippen LogP contribution in [0.3, 0.4) is 0 Å². The molecule has 0 aromatic carbocycles. The zero-order valence-corrected chi connectivity index (χ0v) is 10.1. The molecule has 0 amide bonds. The first-order valence-electron chi connectivity index (χ1n) is 6.84. The van der Waals surface area contributed by atoms with Gasteiger partial charge in [0, 0.05) is 12.6 Å². The summed E-state index contributed by atoms with van der Waals surface area (Å²) in [5.41, 5.74) is 0. The molecule has 2 heteroatoms. The molecular weight excluding hydrogens is 198 g/mol. The van der Waals surface area contributed by atoms with E-state index < -0.39 is 0 Å². The highest BCUT2D eigenvalue weighted by molar-refractivity contribution is 5.11. The average molecular weight is 221 g/mol. The summed E-state index contributed by atoms with van der Waals surface area (Å²) in [5, 5.41) is 13.4. The number of aliphatic hydroxyl groups is 1. The van der Waals surface area contributed by atoms with Gasteiger partial charge in [-0.3, -0.25) is 0 Å². The average Bonchev–Trinajstić information content (AvgIpc) is 2.94. The monoisotopic (exact) mass is 221 g/mol. The first kappa shape index (κ1) is 10.8. The lowest BCUT2D eigenvalue weighted by Gasteiger charge is -2.27. The molecule has 0 aromatic rings. The molecule has 2 nitrogen and oxygen atoms in total.